The van der Waals surface area contributed by atoms with Crippen molar-refractivity contribution in [3.05, 3.63) is 77.9 Å². The summed E-state index contributed by atoms with van der Waals surface area (Å²) in [6.45, 7) is 9.73. The number of benzene rings is 2. The Balaban J connectivity index is 0.000000710. The van der Waals surface area contributed by atoms with Crippen LogP contribution >= 0.6 is 0 Å². The summed E-state index contributed by atoms with van der Waals surface area (Å²) in [7, 11) is 3.74. The van der Waals surface area contributed by atoms with E-state index in [1.54, 1.807) is 13.8 Å². The zero-order chi connectivity index (χ0) is 26.8. The molecule has 0 aliphatic heterocycles. The summed E-state index contributed by atoms with van der Waals surface area (Å²) in [5.41, 5.74) is 15.0. The third-order valence-electron chi connectivity index (χ3n) is 4.78. The van der Waals surface area contributed by atoms with Gasteiger partial charge in [0, 0.05) is 31.7 Å². The van der Waals surface area contributed by atoms with Crippen LogP contribution in [0, 0.1) is 5.92 Å². The number of nitrogens with one attached hydrogen (secondary N) is 4. The number of anilines is 1. The third-order valence-corrected chi connectivity index (χ3v) is 4.78. The van der Waals surface area contributed by atoms with E-state index in [1.807, 2.05) is 70.4 Å². The smallest absolute Gasteiger partial charge is 0.219 e. The molecule has 8 heteroatoms. The van der Waals surface area contributed by atoms with E-state index in [1.165, 1.54) is 5.56 Å². The molecule has 0 aliphatic rings. The number of hydrogen-bond donors (Lipinski definition) is 5. The zero-order valence-corrected chi connectivity index (χ0v) is 22.4. The molecule has 1 heterocycles. The van der Waals surface area contributed by atoms with E-state index >= 15 is 0 Å². The van der Waals surface area contributed by atoms with Crippen LogP contribution in [0.1, 0.15) is 38.8 Å². The lowest BCUT2D eigenvalue weighted by Gasteiger charge is -2.09. The number of pyridine rings is 1. The molecule has 0 saturated heterocycles. The number of carbonyl (C=O) groups is 1. The third kappa shape index (κ3) is 11.8. The fraction of sp³-hybridized carbons (Fsp3) is 0.357. The lowest BCUT2D eigenvalue weighted by atomic mass is 10.1. The molecule has 196 valence electrons. The van der Waals surface area contributed by atoms with Crippen LogP contribution in [-0.2, 0) is 17.9 Å². The Hall–Kier alpha value is -3.46. The largest absolute Gasteiger partial charge is 0.489 e. The maximum Gasteiger partial charge on any atom is 0.219 e. The quantitative estimate of drug-likeness (QED) is 0.153. The summed E-state index contributed by atoms with van der Waals surface area (Å²) in [6.07, 6.45) is 0. The molecule has 3 rings (SSSR count). The lowest BCUT2D eigenvalue weighted by molar-refractivity contribution is -0.120. The first-order chi connectivity index (χ1) is 17.4. The van der Waals surface area contributed by atoms with E-state index in [-0.39, 0.29) is 11.8 Å². The van der Waals surface area contributed by atoms with Crippen LogP contribution in [0.15, 0.2) is 66.7 Å². The van der Waals surface area contributed by atoms with Crippen molar-refractivity contribution in [1.29, 1.82) is 0 Å². The van der Waals surface area contributed by atoms with Gasteiger partial charge in [0.15, 0.2) is 0 Å². The number of hydrazine groups is 1. The minimum absolute atomic E-state index is 0.00926. The molecule has 6 N–H and O–H groups in total. The topological polar surface area (TPSA) is 113 Å². The normalized spacial score (nSPS) is 9.97. The van der Waals surface area contributed by atoms with Gasteiger partial charge in [0.1, 0.15) is 18.2 Å². The Bertz CT molecular complexity index is 992. The van der Waals surface area contributed by atoms with Crippen molar-refractivity contribution in [3.63, 3.8) is 0 Å². The SMILES string of the molecule is CC.CC(C)C(N)=O.CNCNCc1ccc(COc2ccc(-c3cccc(NNC)n3)cc2)cc1. The van der Waals surface area contributed by atoms with Crippen molar-refractivity contribution >= 4 is 11.7 Å². The lowest BCUT2D eigenvalue weighted by Crippen LogP contribution is -2.25. The number of amides is 1. The maximum absolute atomic E-state index is 9.92. The van der Waals surface area contributed by atoms with E-state index in [0.29, 0.717) is 6.61 Å². The Labute approximate surface area is 216 Å². The fourth-order valence-corrected chi connectivity index (χ4v) is 2.77. The standard InChI is InChI=1S/C22H27N5O.C4H9NO.C2H6/c1-23-16-25-14-17-6-8-18(9-7-17)15-28-20-12-10-19(11-13-20)21-4-3-5-22(26-21)27-24-2;1-3(2)4(5)6;1-2/h3-13,23-25H,14-16H2,1-2H3,(H,26,27);3H,1-2H3,(H2,5,6);1-2H3. The van der Waals surface area contributed by atoms with Crippen molar-refractivity contribution in [2.75, 3.05) is 26.2 Å². The number of rotatable bonds is 11. The van der Waals surface area contributed by atoms with E-state index in [0.717, 1.165) is 41.6 Å². The molecule has 1 amide bonds. The Kier molecular flexibility index (Phi) is 15.2. The predicted molar refractivity (Wildman–Crippen MR) is 149 cm³/mol. The van der Waals surface area contributed by atoms with Gasteiger partial charge in [0.25, 0.3) is 0 Å². The minimum atomic E-state index is -0.241. The van der Waals surface area contributed by atoms with E-state index in [9.17, 15) is 4.79 Å². The first-order valence-corrected chi connectivity index (χ1v) is 12.3. The molecular weight excluding hydrogens is 452 g/mol. The Morgan fingerprint density at radius 1 is 0.944 bits per heavy atom. The molecular formula is C28H42N6O2. The molecule has 0 unspecified atom stereocenters. The van der Waals surface area contributed by atoms with Crippen LogP contribution in [0.4, 0.5) is 5.82 Å². The van der Waals surface area contributed by atoms with Crippen LogP contribution in [0.3, 0.4) is 0 Å². The van der Waals surface area contributed by atoms with Crippen LogP contribution in [0.5, 0.6) is 5.75 Å². The molecule has 0 spiro atoms. The number of nitrogens with zero attached hydrogens (tertiary/aromatic N) is 1. The van der Waals surface area contributed by atoms with Crippen LogP contribution in [0.2, 0.25) is 0 Å². The highest BCUT2D eigenvalue weighted by Gasteiger charge is 2.03. The van der Waals surface area contributed by atoms with E-state index in [2.05, 4.69) is 50.7 Å². The van der Waals surface area contributed by atoms with Gasteiger partial charge in [-0.2, -0.15) is 0 Å². The molecule has 1 aromatic heterocycles. The molecule has 3 aromatic rings. The average Bonchev–Trinajstić information content (AvgIpc) is 2.90. The molecule has 0 fully saturated rings. The number of ether oxygens (including phenoxy) is 1. The van der Waals surface area contributed by atoms with Crippen LogP contribution in [0.25, 0.3) is 11.3 Å². The van der Waals surface area contributed by atoms with Gasteiger partial charge in [0.05, 0.1) is 5.69 Å². The van der Waals surface area contributed by atoms with Crippen LogP contribution in [-0.4, -0.2) is 31.7 Å². The summed E-state index contributed by atoms with van der Waals surface area (Å²) in [5, 5.41) is 6.37. The first kappa shape index (κ1) is 30.6. The number of primary amides is 1. The van der Waals surface area contributed by atoms with Gasteiger partial charge in [-0.3, -0.25) is 4.79 Å². The van der Waals surface area contributed by atoms with Crippen molar-refractivity contribution < 1.29 is 9.53 Å². The highest BCUT2D eigenvalue weighted by atomic mass is 16.5. The fourth-order valence-electron chi connectivity index (χ4n) is 2.77. The molecule has 36 heavy (non-hydrogen) atoms. The highest BCUT2D eigenvalue weighted by Crippen LogP contribution is 2.22. The summed E-state index contributed by atoms with van der Waals surface area (Å²) < 4.78 is 5.92. The second-order valence-electron chi connectivity index (χ2n) is 7.93. The van der Waals surface area contributed by atoms with Gasteiger partial charge in [-0.15, -0.1) is 0 Å². The maximum atomic E-state index is 9.92. The summed E-state index contributed by atoms with van der Waals surface area (Å²) in [5.74, 6) is 1.37. The summed E-state index contributed by atoms with van der Waals surface area (Å²) in [4.78, 5) is 14.5. The molecule has 2 aromatic carbocycles. The minimum Gasteiger partial charge on any atom is -0.489 e. The zero-order valence-electron chi connectivity index (χ0n) is 22.4. The number of aromatic nitrogens is 1. The van der Waals surface area contributed by atoms with Gasteiger partial charge >= 0.3 is 0 Å². The second kappa shape index (κ2) is 17.9. The van der Waals surface area contributed by atoms with E-state index in [4.69, 9.17) is 10.5 Å². The highest BCUT2D eigenvalue weighted by molar-refractivity contribution is 5.75. The van der Waals surface area contributed by atoms with Gasteiger partial charge < -0.3 is 26.5 Å². The van der Waals surface area contributed by atoms with Crippen molar-refractivity contribution in [3.8, 4) is 17.0 Å². The first-order valence-electron chi connectivity index (χ1n) is 12.3. The van der Waals surface area contributed by atoms with Crippen molar-refractivity contribution in [2.45, 2.75) is 40.8 Å². The van der Waals surface area contributed by atoms with Gasteiger partial charge in [-0.25, -0.2) is 10.4 Å². The molecule has 0 aliphatic carbocycles. The molecule has 8 nitrogen and oxygen atoms in total. The molecule has 0 radical (unpaired) electrons. The van der Waals surface area contributed by atoms with Gasteiger partial charge in [-0.1, -0.05) is 58.0 Å². The molecule has 0 saturated carbocycles. The average molecular weight is 495 g/mol. The number of nitrogens with two attached hydrogens (primary N) is 1. The van der Waals surface area contributed by atoms with Gasteiger partial charge in [0.2, 0.25) is 5.91 Å². The van der Waals surface area contributed by atoms with Crippen molar-refractivity contribution in [2.24, 2.45) is 11.7 Å². The number of hydrogen-bond acceptors (Lipinski definition) is 7. The Morgan fingerprint density at radius 2 is 1.56 bits per heavy atom. The predicted octanol–water partition coefficient (Wildman–Crippen LogP) is 4.29. The number of carbonyl (C=O) groups excluding carboxylic acids is 1. The van der Waals surface area contributed by atoms with Gasteiger partial charge in [-0.05, 0) is 54.6 Å². The van der Waals surface area contributed by atoms with E-state index < -0.39 is 0 Å². The Morgan fingerprint density at radius 3 is 2.11 bits per heavy atom. The van der Waals surface area contributed by atoms with Crippen molar-refractivity contribution in [1.82, 2.24) is 21.0 Å². The molecule has 0 bridgehead atoms. The van der Waals surface area contributed by atoms with Crippen LogP contribution < -0.4 is 32.0 Å². The second-order valence-corrected chi connectivity index (χ2v) is 7.93. The molecule has 0 atom stereocenters. The monoisotopic (exact) mass is 494 g/mol. The summed E-state index contributed by atoms with van der Waals surface area (Å²) in [6, 6.07) is 22.4. The summed E-state index contributed by atoms with van der Waals surface area (Å²) >= 11 is 0.